The summed E-state index contributed by atoms with van der Waals surface area (Å²) in [6.07, 6.45) is 3.43. The lowest BCUT2D eigenvalue weighted by atomic mass is 10.4. The van der Waals surface area contributed by atoms with E-state index in [0.29, 0.717) is 12.4 Å². The van der Waals surface area contributed by atoms with Gasteiger partial charge in [0, 0.05) is 12.7 Å². The minimum Gasteiger partial charge on any atom is -0.493 e. The molecule has 90 valence electrons. The highest BCUT2D eigenvalue weighted by molar-refractivity contribution is 5.49. The average molecular weight is 233 g/mol. The highest BCUT2D eigenvalue weighted by Crippen LogP contribution is 2.20. The van der Waals surface area contributed by atoms with E-state index in [-0.39, 0.29) is 0 Å². The standard InChI is InChI=1S/C11H15N5O/c1-3-16-8-14-15-10(16)7-13-11-9(17-2)5-4-6-12-11/h4-6,8H,3,7H2,1-2H3,(H,12,13). The number of methoxy groups -OCH3 is 1. The van der Waals surface area contributed by atoms with Crippen molar-refractivity contribution in [3.63, 3.8) is 0 Å². The molecule has 0 atom stereocenters. The van der Waals surface area contributed by atoms with E-state index in [1.54, 1.807) is 19.6 Å². The van der Waals surface area contributed by atoms with Crippen molar-refractivity contribution >= 4 is 5.82 Å². The minimum absolute atomic E-state index is 0.571. The summed E-state index contributed by atoms with van der Waals surface area (Å²) < 4.78 is 7.18. The van der Waals surface area contributed by atoms with Crippen LogP contribution in [0.25, 0.3) is 0 Å². The monoisotopic (exact) mass is 233 g/mol. The SMILES string of the molecule is CCn1cnnc1CNc1ncccc1OC. The predicted octanol–water partition coefficient (Wildman–Crippen LogP) is 1.31. The first-order valence-corrected chi connectivity index (χ1v) is 5.44. The van der Waals surface area contributed by atoms with E-state index in [2.05, 4.69) is 20.5 Å². The lowest BCUT2D eigenvalue weighted by Gasteiger charge is -2.09. The highest BCUT2D eigenvalue weighted by atomic mass is 16.5. The molecule has 0 bridgehead atoms. The zero-order valence-electron chi connectivity index (χ0n) is 9.92. The summed E-state index contributed by atoms with van der Waals surface area (Å²) in [7, 11) is 1.62. The van der Waals surface area contributed by atoms with Crippen LogP contribution >= 0.6 is 0 Å². The van der Waals surface area contributed by atoms with Crippen LogP contribution in [0.15, 0.2) is 24.7 Å². The molecule has 0 saturated carbocycles. The zero-order chi connectivity index (χ0) is 12.1. The summed E-state index contributed by atoms with van der Waals surface area (Å²) >= 11 is 0. The topological polar surface area (TPSA) is 64.9 Å². The van der Waals surface area contributed by atoms with Crippen molar-refractivity contribution in [3.8, 4) is 5.75 Å². The first-order chi connectivity index (χ1) is 8.35. The van der Waals surface area contributed by atoms with Gasteiger partial charge in [-0.1, -0.05) is 0 Å². The van der Waals surface area contributed by atoms with E-state index in [1.807, 2.05) is 23.6 Å². The number of aromatic nitrogens is 4. The van der Waals surface area contributed by atoms with Crippen LogP contribution in [-0.4, -0.2) is 26.9 Å². The number of hydrogen-bond acceptors (Lipinski definition) is 5. The Labute approximate surface area is 99.7 Å². The van der Waals surface area contributed by atoms with Crippen LogP contribution in [0.5, 0.6) is 5.75 Å². The van der Waals surface area contributed by atoms with E-state index in [9.17, 15) is 0 Å². The molecule has 6 heteroatoms. The van der Waals surface area contributed by atoms with Crippen LogP contribution in [-0.2, 0) is 13.1 Å². The second-order valence-electron chi connectivity index (χ2n) is 3.44. The van der Waals surface area contributed by atoms with Crippen LogP contribution in [0.2, 0.25) is 0 Å². The van der Waals surface area contributed by atoms with Gasteiger partial charge in [0.1, 0.15) is 6.33 Å². The Bertz CT molecular complexity index is 482. The van der Waals surface area contributed by atoms with E-state index < -0.39 is 0 Å². The number of pyridine rings is 1. The first kappa shape index (κ1) is 11.4. The van der Waals surface area contributed by atoms with Gasteiger partial charge in [0.2, 0.25) is 0 Å². The van der Waals surface area contributed by atoms with Gasteiger partial charge in [0.15, 0.2) is 17.4 Å². The number of hydrogen-bond donors (Lipinski definition) is 1. The molecule has 2 aromatic heterocycles. The molecule has 0 fully saturated rings. The van der Waals surface area contributed by atoms with E-state index in [0.717, 1.165) is 18.1 Å². The smallest absolute Gasteiger partial charge is 0.169 e. The summed E-state index contributed by atoms with van der Waals surface area (Å²) in [5.41, 5.74) is 0. The summed E-state index contributed by atoms with van der Waals surface area (Å²) in [6, 6.07) is 3.69. The maximum absolute atomic E-state index is 5.20. The maximum Gasteiger partial charge on any atom is 0.169 e. The summed E-state index contributed by atoms with van der Waals surface area (Å²) in [6.45, 7) is 3.47. The lowest BCUT2D eigenvalue weighted by molar-refractivity contribution is 0.414. The minimum atomic E-state index is 0.571. The molecule has 1 N–H and O–H groups in total. The van der Waals surface area contributed by atoms with Gasteiger partial charge >= 0.3 is 0 Å². The van der Waals surface area contributed by atoms with Crippen molar-refractivity contribution < 1.29 is 4.74 Å². The van der Waals surface area contributed by atoms with Gasteiger partial charge < -0.3 is 14.6 Å². The van der Waals surface area contributed by atoms with Crippen LogP contribution in [0, 0.1) is 0 Å². The molecule has 0 saturated heterocycles. The molecule has 2 aromatic rings. The molecular formula is C11H15N5O. The fourth-order valence-electron chi connectivity index (χ4n) is 1.53. The summed E-state index contributed by atoms with van der Waals surface area (Å²) in [5.74, 6) is 2.30. The van der Waals surface area contributed by atoms with E-state index in [4.69, 9.17) is 4.74 Å². The molecule has 0 amide bonds. The highest BCUT2D eigenvalue weighted by Gasteiger charge is 2.06. The number of rotatable bonds is 5. The number of nitrogens with zero attached hydrogens (tertiary/aromatic N) is 4. The Kier molecular flexibility index (Phi) is 3.54. The number of anilines is 1. The fraction of sp³-hybridized carbons (Fsp3) is 0.364. The quantitative estimate of drug-likeness (QED) is 0.843. The molecule has 0 unspecified atom stereocenters. The lowest BCUT2D eigenvalue weighted by Crippen LogP contribution is -2.09. The third-order valence-corrected chi connectivity index (χ3v) is 2.44. The van der Waals surface area contributed by atoms with Crippen molar-refractivity contribution in [2.24, 2.45) is 0 Å². The molecule has 2 rings (SSSR count). The third-order valence-electron chi connectivity index (χ3n) is 2.44. The van der Waals surface area contributed by atoms with Crippen molar-refractivity contribution in [3.05, 3.63) is 30.5 Å². The number of ether oxygens (including phenoxy) is 1. The van der Waals surface area contributed by atoms with Crippen LogP contribution in [0.3, 0.4) is 0 Å². The van der Waals surface area contributed by atoms with Gasteiger partial charge in [-0.15, -0.1) is 10.2 Å². The molecule has 17 heavy (non-hydrogen) atoms. The third kappa shape index (κ3) is 2.52. The zero-order valence-corrected chi connectivity index (χ0v) is 9.92. The Balaban J connectivity index is 2.07. The second kappa shape index (κ2) is 5.29. The first-order valence-electron chi connectivity index (χ1n) is 5.44. The van der Waals surface area contributed by atoms with E-state index in [1.165, 1.54) is 0 Å². The molecule has 0 aliphatic carbocycles. The second-order valence-corrected chi connectivity index (χ2v) is 3.44. The summed E-state index contributed by atoms with van der Waals surface area (Å²) in [4.78, 5) is 4.21. The Morgan fingerprint density at radius 2 is 2.35 bits per heavy atom. The average Bonchev–Trinajstić information content (AvgIpc) is 2.84. The van der Waals surface area contributed by atoms with Gasteiger partial charge in [-0.25, -0.2) is 4.98 Å². The van der Waals surface area contributed by atoms with Crippen molar-refractivity contribution in [1.29, 1.82) is 0 Å². The number of aryl methyl sites for hydroxylation is 1. The summed E-state index contributed by atoms with van der Waals surface area (Å²) in [5, 5.41) is 11.1. The van der Waals surface area contributed by atoms with Crippen LogP contribution in [0.1, 0.15) is 12.7 Å². The fourth-order valence-corrected chi connectivity index (χ4v) is 1.53. The van der Waals surface area contributed by atoms with Crippen LogP contribution in [0.4, 0.5) is 5.82 Å². The predicted molar refractivity (Wildman–Crippen MR) is 63.8 cm³/mol. The molecule has 6 nitrogen and oxygen atoms in total. The molecule has 2 heterocycles. The maximum atomic E-state index is 5.20. The van der Waals surface area contributed by atoms with Gasteiger partial charge in [-0.3, -0.25) is 0 Å². The molecule has 0 radical (unpaired) electrons. The van der Waals surface area contributed by atoms with Crippen molar-refractivity contribution in [1.82, 2.24) is 19.7 Å². The Morgan fingerprint density at radius 3 is 3.12 bits per heavy atom. The number of nitrogens with one attached hydrogen (secondary N) is 1. The Morgan fingerprint density at radius 1 is 1.47 bits per heavy atom. The Hall–Kier alpha value is -2.11. The van der Waals surface area contributed by atoms with Crippen molar-refractivity contribution in [2.45, 2.75) is 20.0 Å². The van der Waals surface area contributed by atoms with E-state index >= 15 is 0 Å². The van der Waals surface area contributed by atoms with Crippen molar-refractivity contribution in [2.75, 3.05) is 12.4 Å². The van der Waals surface area contributed by atoms with Gasteiger partial charge in [-0.2, -0.15) is 0 Å². The molecular weight excluding hydrogens is 218 g/mol. The normalized spacial score (nSPS) is 10.2. The van der Waals surface area contributed by atoms with Gasteiger partial charge in [-0.05, 0) is 19.1 Å². The van der Waals surface area contributed by atoms with Crippen LogP contribution < -0.4 is 10.1 Å². The largest absolute Gasteiger partial charge is 0.493 e. The molecule has 0 spiro atoms. The van der Waals surface area contributed by atoms with Gasteiger partial charge in [0.25, 0.3) is 0 Å². The molecule has 0 aliphatic rings. The molecule has 0 aromatic carbocycles. The van der Waals surface area contributed by atoms with Gasteiger partial charge in [0.05, 0.1) is 13.7 Å². The molecule has 0 aliphatic heterocycles.